The maximum atomic E-state index is 13.0. The molecule has 1 fully saturated rings. The Morgan fingerprint density at radius 3 is 2.95 bits per heavy atom. The number of carbonyl (C=O) groups excluding carboxylic acids is 1. The molecule has 2 aliphatic heterocycles. The lowest BCUT2D eigenvalue weighted by Gasteiger charge is -2.29. The number of benzene rings is 1. The van der Waals surface area contributed by atoms with Gasteiger partial charge in [0.2, 0.25) is 0 Å². The summed E-state index contributed by atoms with van der Waals surface area (Å²) in [6.07, 6.45) is 0.849. The number of rotatable bonds is 5. The minimum absolute atomic E-state index is 0.0603. The number of carbonyl (C=O) groups is 1. The molecule has 2 heterocycles. The van der Waals surface area contributed by atoms with Crippen LogP contribution in [0.3, 0.4) is 0 Å². The molecule has 0 bridgehead atoms. The first-order valence-electron chi connectivity index (χ1n) is 7.57. The van der Waals surface area contributed by atoms with Crippen molar-refractivity contribution in [1.29, 1.82) is 0 Å². The van der Waals surface area contributed by atoms with Crippen molar-refractivity contribution in [2.24, 2.45) is 0 Å². The maximum Gasteiger partial charge on any atom is 0.258 e. The van der Waals surface area contributed by atoms with Crippen molar-refractivity contribution < 1.29 is 23.7 Å². The Morgan fingerprint density at radius 1 is 1.32 bits per heavy atom. The van der Waals surface area contributed by atoms with Crippen molar-refractivity contribution in [3.63, 3.8) is 0 Å². The van der Waals surface area contributed by atoms with Crippen molar-refractivity contribution in [3.8, 4) is 11.5 Å². The van der Waals surface area contributed by atoms with E-state index in [4.69, 9.17) is 18.9 Å². The molecule has 0 aliphatic carbocycles. The van der Waals surface area contributed by atoms with E-state index in [-0.39, 0.29) is 11.9 Å². The van der Waals surface area contributed by atoms with Crippen molar-refractivity contribution in [2.75, 3.05) is 46.7 Å². The van der Waals surface area contributed by atoms with Gasteiger partial charge in [-0.25, -0.2) is 0 Å². The van der Waals surface area contributed by atoms with Crippen LogP contribution in [0.25, 0.3) is 0 Å². The number of para-hydroxylation sites is 1. The minimum atomic E-state index is -0.0603. The Kier molecular flexibility index (Phi) is 4.80. The molecule has 1 atom stereocenters. The average molecular weight is 307 g/mol. The summed E-state index contributed by atoms with van der Waals surface area (Å²) < 4.78 is 21.8. The number of fused-ring (bicyclic) bond motifs is 1. The summed E-state index contributed by atoms with van der Waals surface area (Å²) in [5.74, 6) is 1.11. The third kappa shape index (κ3) is 3.03. The Morgan fingerprint density at radius 2 is 2.18 bits per heavy atom. The van der Waals surface area contributed by atoms with Crippen LogP contribution in [0.15, 0.2) is 18.2 Å². The van der Waals surface area contributed by atoms with E-state index >= 15 is 0 Å². The van der Waals surface area contributed by atoms with E-state index in [0.717, 1.165) is 6.42 Å². The molecule has 6 nitrogen and oxygen atoms in total. The molecule has 0 aromatic heterocycles. The molecule has 1 aromatic carbocycles. The van der Waals surface area contributed by atoms with Crippen molar-refractivity contribution in [3.05, 3.63) is 23.8 Å². The second kappa shape index (κ2) is 6.98. The lowest BCUT2D eigenvalue weighted by atomic mass is 10.1. The van der Waals surface area contributed by atoms with Crippen LogP contribution < -0.4 is 9.47 Å². The van der Waals surface area contributed by atoms with Gasteiger partial charge in [-0.2, -0.15) is 0 Å². The van der Waals surface area contributed by atoms with Crippen LogP contribution in [0.4, 0.5) is 0 Å². The molecular weight excluding hydrogens is 286 g/mol. The third-order valence-corrected chi connectivity index (χ3v) is 3.94. The highest BCUT2D eigenvalue weighted by Crippen LogP contribution is 2.34. The largest absolute Gasteiger partial charge is 0.486 e. The fourth-order valence-electron chi connectivity index (χ4n) is 2.80. The van der Waals surface area contributed by atoms with Gasteiger partial charge in [0.15, 0.2) is 11.5 Å². The second-order valence-corrected chi connectivity index (χ2v) is 5.34. The zero-order valence-corrected chi connectivity index (χ0v) is 12.7. The molecule has 1 aromatic rings. The van der Waals surface area contributed by atoms with Gasteiger partial charge in [0, 0.05) is 20.3 Å². The van der Waals surface area contributed by atoms with E-state index in [0.29, 0.717) is 56.6 Å². The van der Waals surface area contributed by atoms with Crippen molar-refractivity contribution in [1.82, 2.24) is 4.90 Å². The molecule has 6 heteroatoms. The first-order chi connectivity index (χ1) is 10.8. The van der Waals surface area contributed by atoms with Gasteiger partial charge < -0.3 is 23.8 Å². The first-order valence-corrected chi connectivity index (χ1v) is 7.57. The Hall–Kier alpha value is -1.79. The molecule has 1 amide bonds. The molecule has 0 radical (unpaired) electrons. The van der Waals surface area contributed by atoms with Crippen LogP contribution in [-0.2, 0) is 9.47 Å². The average Bonchev–Trinajstić information content (AvgIpc) is 3.09. The highest BCUT2D eigenvalue weighted by atomic mass is 16.6. The summed E-state index contributed by atoms with van der Waals surface area (Å²) in [5, 5.41) is 0. The smallest absolute Gasteiger partial charge is 0.258 e. The minimum Gasteiger partial charge on any atom is -0.486 e. The SMILES string of the molecule is COCCN(C(=O)c1cccc2c1OCCO2)C1CCOC1. The second-order valence-electron chi connectivity index (χ2n) is 5.34. The predicted molar refractivity (Wildman–Crippen MR) is 79.6 cm³/mol. The molecule has 0 N–H and O–H groups in total. The fourth-order valence-corrected chi connectivity index (χ4v) is 2.80. The molecule has 0 saturated carbocycles. The van der Waals surface area contributed by atoms with Crippen LogP contribution >= 0.6 is 0 Å². The van der Waals surface area contributed by atoms with Gasteiger partial charge >= 0.3 is 0 Å². The monoisotopic (exact) mass is 307 g/mol. The van der Waals surface area contributed by atoms with Crippen LogP contribution in [-0.4, -0.2) is 63.5 Å². The molecule has 1 unspecified atom stereocenters. The molecular formula is C16H21NO5. The number of methoxy groups -OCH3 is 1. The van der Waals surface area contributed by atoms with E-state index in [1.807, 2.05) is 17.0 Å². The summed E-state index contributed by atoms with van der Waals surface area (Å²) in [6.45, 7) is 3.26. The molecule has 1 saturated heterocycles. The van der Waals surface area contributed by atoms with E-state index in [1.165, 1.54) is 0 Å². The highest BCUT2D eigenvalue weighted by molar-refractivity contribution is 5.98. The quantitative estimate of drug-likeness (QED) is 0.821. The van der Waals surface area contributed by atoms with Gasteiger partial charge in [-0.05, 0) is 18.6 Å². The summed E-state index contributed by atoms with van der Waals surface area (Å²) in [7, 11) is 1.63. The molecule has 2 aliphatic rings. The third-order valence-electron chi connectivity index (χ3n) is 3.94. The van der Waals surface area contributed by atoms with Crippen LogP contribution in [0.1, 0.15) is 16.8 Å². The number of nitrogens with zero attached hydrogens (tertiary/aromatic N) is 1. The summed E-state index contributed by atoms with van der Waals surface area (Å²) in [5.41, 5.74) is 0.542. The summed E-state index contributed by atoms with van der Waals surface area (Å²) in [4.78, 5) is 14.8. The number of hydrogen-bond donors (Lipinski definition) is 0. The van der Waals surface area contributed by atoms with E-state index in [1.54, 1.807) is 13.2 Å². The fraction of sp³-hybridized carbons (Fsp3) is 0.562. The number of amides is 1. The zero-order valence-electron chi connectivity index (χ0n) is 12.7. The molecule has 0 spiro atoms. The van der Waals surface area contributed by atoms with Crippen LogP contribution in [0, 0.1) is 0 Å². The maximum absolute atomic E-state index is 13.0. The van der Waals surface area contributed by atoms with Crippen molar-refractivity contribution >= 4 is 5.91 Å². The predicted octanol–water partition coefficient (Wildman–Crippen LogP) is 1.34. The molecule has 3 rings (SSSR count). The Labute approximate surface area is 129 Å². The van der Waals surface area contributed by atoms with Crippen LogP contribution in [0.2, 0.25) is 0 Å². The normalized spacial score (nSPS) is 20.0. The Balaban J connectivity index is 1.86. The lowest BCUT2D eigenvalue weighted by Crippen LogP contribution is -2.43. The highest BCUT2D eigenvalue weighted by Gasteiger charge is 2.30. The Bertz CT molecular complexity index is 527. The first kappa shape index (κ1) is 15.1. The standard InChI is InChI=1S/C16H21NO5/c1-19-8-6-17(12-5-7-20-11-12)16(18)13-3-2-4-14-15(13)22-10-9-21-14/h2-4,12H,5-11H2,1H3. The van der Waals surface area contributed by atoms with Crippen LogP contribution in [0.5, 0.6) is 11.5 Å². The van der Waals surface area contributed by atoms with Gasteiger partial charge in [0.05, 0.1) is 24.8 Å². The van der Waals surface area contributed by atoms with E-state index in [9.17, 15) is 4.79 Å². The van der Waals surface area contributed by atoms with Gasteiger partial charge in [-0.1, -0.05) is 6.07 Å². The van der Waals surface area contributed by atoms with E-state index in [2.05, 4.69) is 0 Å². The van der Waals surface area contributed by atoms with Gasteiger partial charge in [-0.15, -0.1) is 0 Å². The van der Waals surface area contributed by atoms with E-state index < -0.39 is 0 Å². The number of hydrogen-bond acceptors (Lipinski definition) is 5. The van der Waals surface area contributed by atoms with Crippen molar-refractivity contribution in [2.45, 2.75) is 12.5 Å². The van der Waals surface area contributed by atoms with Gasteiger partial charge in [-0.3, -0.25) is 4.79 Å². The van der Waals surface area contributed by atoms with Gasteiger partial charge in [0.1, 0.15) is 13.2 Å². The summed E-state index contributed by atoms with van der Waals surface area (Å²) in [6, 6.07) is 5.51. The number of ether oxygens (including phenoxy) is 4. The molecule has 22 heavy (non-hydrogen) atoms. The molecule has 120 valence electrons. The van der Waals surface area contributed by atoms with Gasteiger partial charge in [0.25, 0.3) is 5.91 Å². The topological polar surface area (TPSA) is 57.2 Å². The summed E-state index contributed by atoms with van der Waals surface area (Å²) >= 11 is 0. The zero-order chi connectivity index (χ0) is 15.4. The lowest BCUT2D eigenvalue weighted by molar-refractivity contribution is 0.0567.